The van der Waals surface area contributed by atoms with E-state index in [0.29, 0.717) is 32.6 Å². The van der Waals surface area contributed by atoms with Gasteiger partial charge in [0.15, 0.2) is 0 Å². The minimum Gasteiger partial charge on any atom is -0.363 e. The Morgan fingerprint density at radius 2 is 2.04 bits per heavy atom. The summed E-state index contributed by atoms with van der Waals surface area (Å²) in [5, 5.41) is 2.84. The van der Waals surface area contributed by atoms with E-state index in [2.05, 4.69) is 5.32 Å². The quantitative estimate of drug-likeness (QED) is 0.848. The number of morpholine rings is 1. The first-order chi connectivity index (χ1) is 11.5. The number of ether oxygens (including phenoxy) is 1. The van der Waals surface area contributed by atoms with Gasteiger partial charge in [-0.3, -0.25) is 14.4 Å². The molecule has 2 amide bonds. The first-order valence-electron chi connectivity index (χ1n) is 8.34. The fraction of sp³-hybridized carbons (Fsp3) is 0.588. The first-order valence-corrected chi connectivity index (χ1v) is 8.34. The van der Waals surface area contributed by atoms with Crippen LogP contribution in [0.4, 0.5) is 0 Å². The topological polar surface area (TPSA) is 80.6 Å². The van der Waals surface area contributed by atoms with Crippen LogP contribution in [-0.2, 0) is 20.9 Å². The number of hydrogen-bond donors (Lipinski definition) is 1. The number of aryl methyl sites for hydroxylation is 1. The molecule has 130 valence electrons. The molecule has 0 aliphatic carbocycles. The molecule has 2 aliphatic rings. The smallest absolute Gasteiger partial charge is 0.250 e. The number of likely N-dealkylation sites (tertiary alicyclic amines) is 1. The van der Waals surface area contributed by atoms with E-state index in [1.165, 1.54) is 6.07 Å². The van der Waals surface area contributed by atoms with Crippen molar-refractivity contribution in [1.29, 1.82) is 0 Å². The van der Waals surface area contributed by atoms with Gasteiger partial charge in [0, 0.05) is 44.4 Å². The third-order valence-corrected chi connectivity index (χ3v) is 4.96. The van der Waals surface area contributed by atoms with E-state index in [0.717, 1.165) is 18.5 Å². The summed E-state index contributed by atoms with van der Waals surface area (Å²) in [4.78, 5) is 37.3. The minimum atomic E-state index is -0.322. The molecule has 2 aliphatic heterocycles. The number of aromatic nitrogens is 1. The summed E-state index contributed by atoms with van der Waals surface area (Å²) >= 11 is 0. The van der Waals surface area contributed by atoms with Crippen LogP contribution < -0.4 is 10.9 Å². The molecule has 0 unspecified atom stereocenters. The van der Waals surface area contributed by atoms with Crippen LogP contribution in [0.2, 0.25) is 0 Å². The molecule has 0 atom stereocenters. The average molecular weight is 333 g/mol. The van der Waals surface area contributed by atoms with E-state index in [4.69, 9.17) is 4.74 Å². The molecular formula is C17H23N3O4. The van der Waals surface area contributed by atoms with Gasteiger partial charge in [-0.25, -0.2) is 0 Å². The van der Waals surface area contributed by atoms with Crippen LogP contribution in [0.3, 0.4) is 0 Å². The second kappa shape index (κ2) is 6.76. The molecule has 0 bridgehead atoms. The summed E-state index contributed by atoms with van der Waals surface area (Å²) in [6, 6.07) is 5.10. The maximum Gasteiger partial charge on any atom is 0.250 e. The normalized spacial score (nSPS) is 20.0. The zero-order valence-corrected chi connectivity index (χ0v) is 13.9. The second-order valence-electron chi connectivity index (χ2n) is 6.54. The number of carbonyl (C=O) groups excluding carboxylic acids is 2. The van der Waals surface area contributed by atoms with Crippen LogP contribution in [0.15, 0.2) is 23.0 Å². The largest absolute Gasteiger partial charge is 0.363 e. The monoisotopic (exact) mass is 333 g/mol. The summed E-state index contributed by atoms with van der Waals surface area (Å²) in [5.74, 6) is -0.0253. The van der Waals surface area contributed by atoms with Crippen LogP contribution in [0.5, 0.6) is 0 Å². The van der Waals surface area contributed by atoms with Crippen LogP contribution in [0.25, 0.3) is 0 Å². The van der Waals surface area contributed by atoms with Crippen molar-refractivity contribution >= 4 is 11.8 Å². The molecule has 3 rings (SSSR count). The molecule has 1 aromatic heterocycles. The van der Waals surface area contributed by atoms with Gasteiger partial charge in [-0.05, 0) is 25.8 Å². The van der Waals surface area contributed by atoms with E-state index >= 15 is 0 Å². The van der Waals surface area contributed by atoms with Gasteiger partial charge in [-0.1, -0.05) is 6.07 Å². The van der Waals surface area contributed by atoms with Gasteiger partial charge in [0.05, 0.1) is 5.60 Å². The molecular weight excluding hydrogens is 310 g/mol. The van der Waals surface area contributed by atoms with Crippen LogP contribution in [-0.4, -0.2) is 53.1 Å². The fourth-order valence-electron chi connectivity index (χ4n) is 3.34. The Kier molecular flexibility index (Phi) is 4.71. The molecule has 24 heavy (non-hydrogen) atoms. The predicted molar refractivity (Wildman–Crippen MR) is 87.6 cm³/mol. The molecule has 1 spiro atoms. The van der Waals surface area contributed by atoms with Crippen molar-refractivity contribution in [2.45, 2.75) is 38.3 Å². The highest BCUT2D eigenvalue weighted by atomic mass is 16.5. The fourth-order valence-corrected chi connectivity index (χ4v) is 3.34. The summed E-state index contributed by atoms with van der Waals surface area (Å²) in [5.41, 5.74) is 0.462. The van der Waals surface area contributed by atoms with Crippen molar-refractivity contribution in [3.63, 3.8) is 0 Å². The van der Waals surface area contributed by atoms with Gasteiger partial charge in [0.2, 0.25) is 11.8 Å². The first kappa shape index (κ1) is 16.7. The molecule has 0 saturated carbocycles. The van der Waals surface area contributed by atoms with Crippen molar-refractivity contribution in [1.82, 2.24) is 14.8 Å². The summed E-state index contributed by atoms with van der Waals surface area (Å²) in [6.07, 6.45) is 1.77. The van der Waals surface area contributed by atoms with Gasteiger partial charge in [-0.15, -0.1) is 0 Å². The lowest BCUT2D eigenvalue weighted by atomic mass is 9.90. The number of hydrogen-bond acceptors (Lipinski definition) is 4. The van der Waals surface area contributed by atoms with Crippen LogP contribution in [0.1, 0.15) is 25.0 Å². The number of nitrogens with zero attached hydrogens (tertiary/aromatic N) is 2. The summed E-state index contributed by atoms with van der Waals surface area (Å²) in [6.45, 7) is 4.13. The highest BCUT2D eigenvalue weighted by molar-refractivity contribution is 5.78. The predicted octanol–water partition coefficient (Wildman–Crippen LogP) is 0.0544. The van der Waals surface area contributed by atoms with E-state index in [1.54, 1.807) is 10.6 Å². The lowest BCUT2D eigenvalue weighted by Gasteiger charge is -2.43. The van der Waals surface area contributed by atoms with Crippen LogP contribution in [0, 0.1) is 6.92 Å². The zero-order chi connectivity index (χ0) is 17.2. The van der Waals surface area contributed by atoms with Crippen molar-refractivity contribution in [2.24, 2.45) is 0 Å². The molecule has 3 heterocycles. The molecule has 0 radical (unpaired) electrons. The zero-order valence-electron chi connectivity index (χ0n) is 13.9. The van der Waals surface area contributed by atoms with E-state index in [-0.39, 0.29) is 29.6 Å². The number of piperidine rings is 1. The van der Waals surface area contributed by atoms with Crippen LogP contribution >= 0.6 is 0 Å². The van der Waals surface area contributed by atoms with Crippen molar-refractivity contribution in [2.75, 3.05) is 26.2 Å². The molecule has 1 N–H and O–H groups in total. The number of pyridine rings is 1. The van der Waals surface area contributed by atoms with Crippen molar-refractivity contribution < 1.29 is 14.3 Å². The number of nitrogens with one attached hydrogen (secondary N) is 1. The third kappa shape index (κ3) is 3.51. The molecule has 2 saturated heterocycles. The van der Waals surface area contributed by atoms with E-state index in [9.17, 15) is 14.4 Å². The highest BCUT2D eigenvalue weighted by Gasteiger charge is 2.39. The lowest BCUT2D eigenvalue weighted by molar-refractivity contribution is -0.154. The van der Waals surface area contributed by atoms with Crippen molar-refractivity contribution in [3.05, 3.63) is 34.2 Å². The summed E-state index contributed by atoms with van der Waals surface area (Å²) in [7, 11) is 0. The van der Waals surface area contributed by atoms with Gasteiger partial charge < -0.3 is 19.5 Å². The van der Waals surface area contributed by atoms with Gasteiger partial charge in [0.25, 0.3) is 5.56 Å². The Balaban J connectivity index is 1.52. The maximum absolute atomic E-state index is 12.4. The Bertz CT molecular complexity index is 677. The number of carbonyl (C=O) groups is 2. The van der Waals surface area contributed by atoms with Gasteiger partial charge in [0.1, 0.15) is 6.61 Å². The molecule has 7 heteroatoms. The van der Waals surface area contributed by atoms with E-state index < -0.39 is 0 Å². The Morgan fingerprint density at radius 3 is 2.67 bits per heavy atom. The molecule has 0 aromatic carbocycles. The van der Waals surface area contributed by atoms with E-state index in [1.807, 2.05) is 17.9 Å². The Morgan fingerprint density at radius 1 is 1.29 bits per heavy atom. The standard InChI is InChI=1S/C17H23N3O4/c1-13-3-2-4-16(23)20(13)8-5-15(22)19-9-6-17(7-10-19)12-18-14(21)11-24-17/h2-4H,5-12H2,1H3,(H,18,21). The maximum atomic E-state index is 12.4. The minimum absolute atomic E-state index is 0.0554. The SMILES string of the molecule is Cc1cccc(=O)n1CCC(=O)N1CCC2(CC1)CNC(=O)CO2. The lowest BCUT2D eigenvalue weighted by Crippen LogP contribution is -2.58. The average Bonchev–Trinajstić information content (AvgIpc) is 2.58. The summed E-state index contributed by atoms with van der Waals surface area (Å²) < 4.78 is 7.34. The second-order valence-corrected chi connectivity index (χ2v) is 6.54. The van der Waals surface area contributed by atoms with Crippen molar-refractivity contribution in [3.8, 4) is 0 Å². The number of amides is 2. The molecule has 1 aromatic rings. The number of rotatable bonds is 3. The Hall–Kier alpha value is -2.15. The van der Waals surface area contributed by atoms with Gasteiger partial charge in [-0.2, -0.15) is 0 Å². The molecule has 7 nitrogen and oxygen atoms in total. The highest BCUT2D eigenvalue weighted by Crippen LogP contribution is 2.27. The Labute approximate surface area is 140 Å². The third-order valence-electron chi connectivity index (χ3n) is 4.96. The molecule has 2 fully saturated rings. The van der Waals surface area contributed by atoms with Gasteiger partial charge >= 0.3 is 0 Å².